The molecule has 0 amide bonds. The Morgan fingerprint density at radius 3 is 2.83 bits per heavy atom. The smallest absolute Gasteiger partial charge is 0.296 e. The van der Waals surface area contributed by atoms with E-state index in [-0.39, 0.29) is 24.3 Å². The zero-order valence-corrected chi connectivity index (χ0v) is 15.9. The molecule has 1 atom stereocenters. The molecule has 0 N–H and O–H groups in total. The van der Waals surface area contributed by atoms with E-state index in [0.29, 0.717) is 28.4 Å². The number of hydrogen-bond donors (Lipinski definition) is 0. The molecule has 3 aromatic rings. The first-order valence-corrected chi connectivity index (χ1v) is 9.49. The molecule has 0 radical (unpaired) electrons. The summed E-state index contributed by atoms with van der Waals surface area (Å²) in [7, 11) is 0. The van der Waals surface area contributed by atoms with E-state index in [9.17, 15) is 4.48 Å². The summed E-state index contributed by atoms with van der Waals surface area (Å²) in [5, 5.41) is 13.4. The summed E-state index contributed by atoms with van der Waals surface area (Å²) in [5.41, 5.74) is 1.53. The standard InChI is InChI=1S/C19H18FN7O2/c1-19(2)8-7-13(28-19)15-21-18(29-24-15)17-23-22-16-11-5-3-4-6-12(11)26-10-25(20)9-14(26)27(16)17/h3-6,9,13H,7-8,10H2,1-2H3. The van der Waals surface area contributed by atoms with E-state index in [2.05, 4.69) is 20.3 Å². The molecule has 1 unspecified atom stereocenters. The van der Waals surface area contributed by atoms with Gasteiger partial charge in [0.15, 0.2) is 5.82 Å². The Labute approximate surface area is 165 Å². The molecule has 0 saturated carbocycles. The van der Waals surface area contributed by atoms with Gasteiger partial charge < -0.3 is 14.2 Å². The van der Waals surface area contributed by atoms with Crippen LogP contribution in [0.5, 0.6) is 0 Å². The van der Waals surface area contributed by atoms with E-state index in [0.717, 1.165) is 24.1 Å². The van der Waals surface area contributed by atoms with Gasteiger partial charge in [-0.25, -0.2) is 0 Å². The first-order chi connectivity index (χ1) is 14.0. The van der Waals surface area contributed by atoms with Crippen molar-refractivity contribution in [3.8, 4) is 23.1 Å². The number of anilines is 1. The van der Waals surface area contributed by atoms with Crippen molar-refractivity contribution in [2.24, 2.45) is 0 Å². The van der Waals surface area contributed by atoms with Gasteiger partial charge in [-0.15, -0.1) is 10.2 Å². The fourth-order valence-corrected chi connectivity index (χ4v) is 4.15. The summed E-state index contributed by atoms with van der Waals surface area (Å²) in [6.45, 7) is 4.18. The molecule has 9 nitrogen and oxygen atoms in total. The molecular weight excluding hydrogens is 377 g/mol. The van der Waals surface area contributed by atoms with Crippen molar-refractivity contribution >= 4 is 11.5 Å². The summed E-state index contributed by atoms with van der Waals surface area (Å²) in [6.07, 6.45) is 2.95. The lowest BCUT2D eigenvalue weighted by Gasteiger charge is -2.29. The van der Waals surface area contributed by atoms with Gasteiger partial charge in [-0.05, 0) is 38.8 Å². The van der Waals surface area contributed by atoms with Gasteiger partial charge in [0, 0.05) is 5.56 Å². The Kier molecular flexibility index (Phi) is 3.24. The summed E-state index contributed by atoms with van der Waals surface area (Å²) < 4.78 is 27.4. The quantitative estimate of drug-likeness (QED) is 0.611. The number of hydrogen-bond acceptors (Lipinski definition) is 8. The molecule has 1 aromatic carbocycles. The molecule has 1 saturated heterocycles. The first-order valence-electron chi connectivity index (χ1n) is 9.49. The van der Waals surface area contributed by atoms with E-state index < -0.39 is 0 Å². The van der Waals surface area contributed by atoms with Gasteiger partial charge in [-0.1, -0.05) is 21.8 Å². The molecule has 2 aromatic heterocycles. The minimum atomic E-state index is -0.212. The average molecular weight is 395 g/mol. The van der Waals surface area contributed by atoms with Gasteiger partial charge in [-0.2, -0.15) is 10.1 Å². The van der Waals surface area contributed by atoms with Crippen molar-refractivity contribution in [3.63, 3.8) is 0 Å². The van der Waals surface area contributed by atoms with Crippen molar-refractivity contribution in [2.75, 3.05) is 11.6 Å². The van der Waals surface area contributed by atoms with Crippen molar-refractivity contribution in [2.45, 2.75) is 38.4 Å². The fraction of sp³-hybridized carbons (Fsp3) is 0.368. The molecule has 29 heavy (non-hydrogen) atoms. The largest absolute Gasteiger partial charge is 0.364 e. The zero-order chi connectivity index (χ0) is 19.8. The van der Waals surface area contributed by atoms with Crippen LogP contribution in [-0.4, -0.2) is 42.3 Å². The van der Waals surface area contributed by atoms with Crippen molar-refractivity contribution in [1.29, 1.82) is 0 Å². The number of fused-ring (bicyclic) bond motifs is 6. The van der Waals surface area contributed by atoms with Crippen LogP contribution in [0.25, 0.3) is 28.9 Å². The number of aromatic nitrogens is 5. The lowest BCUT2D eigenvalue weighted by Crippen LogP contribution is -2.28. The highest BCUT2D eigenvalue weighted by Gasteiger charge is 2.38. The molecule has 0 spiro atoms. The highest BCUT2D eigenvalue weighted by Crippen LogP contribution is 2.44. The van der Waals surface area contributed by atoms with Crippen molar-refractivity contribution < 1.29 is 13.7 Å². The maximum atomic E-state index is 14.1. The van der Waals surface area contributed by atoms with E-state index in [1.165, 1.54) is 6.20 Å². The van der Waals surface area contributed by atoms with Crippen LogP contribution >= 0.6 is 0 Å². The van der Waals surface area contributed by atoms with Crippen LogP contribution in [0.3, 0.4) is 0 Å². The summed E-state index contributed by atoms with van der Waals surface area (Å²) >= 11 is 0. The lowest BCUT2D eigenvalue weighted by molar-refractivity contribution is -0.0207. The van der Waals surface area contributed by atoms with E-state index in [4.69, 9.17) is 9.26 Å². The molecular formula is C19H18FN7O2. The van der Waals surface area contributed by atoms with Gasteiger partial charge in [0.05, 0.1) is 17.5 Å². The van der Waals surface area contributed by atoms with Crippen LogP contribution in [-0.2, 0) is 4.74 Å². The topological polar surface area (TPSA) is 85.3 Å². The minimum Gasteiger partial charge on any atom is -0.364 e. The Balaban J connectivity index is 1.45. The Morgan fingerprint density at radius 1 is 1.17 bits per heavy atom. The third-order valence-electron chi connectivity index (χ3n) is 5.53. The van der Waals surface area contributed by atoms with Crippen molar-refractivity contribution in [3.05, 3.63) is 36.3 Å². The molecule has 3 aliphatic rings. The molecule has 10 heteroatoms. The van der Waals surface area contributed by atoms with E-state index >= 15 is 0 Å². The number of para-hydroxylation sites is 1. The Hall–Kier alpha value is -3.27. The van der Waals surface area contributed by atoms with Crippen LogP contribution < -0.4 is 4.90 Å². The van der Waals surface area contributed by atoms with Gasteiger partial charge >= 0.3 is 0 Å². The molecule has 5 heterocycles. The second kappa shape index (κ2) is 5.63. The van der Waals surface area contributed by atoms with Crippen LogP contribution in [0.15, 0.2) is 35.0 Å². The van der Waals surface area contributed by atoms with Gasteiger partial charge in [0.25, 0.3) is 5.89 Å². The van der Waals surface area contributed by atoms with Crippen LogP contribution in [0.2, 0.25) is 0 Å². The zero-order valence-electron chi connectivity index (χ0n) is 15.9. The Morgan fingerprint density at radius 2 is 2.00 bits per heavy atom. The molecule has 6 rings (SSSR count). The van der Waals surface area contributed by atoms with Crippen LogP contribution in [0.4, 0.5) is 10.2 Å². The Bertz CT molecular complexity index is 1150. The predicted molar refractivity (Wildman–Crippen MR) is 100 cm³/mol. The second-order valence-corrected chi connectivity index (χ2v) is 8.02. The van der Waals surface area contributed by atoms with Gasteiger partial charge in [0.1, 0.15) is 18.6 Å². The van der Waals surface area contributed by atoms with Crippen LogP contribution in [0.1, 0.15) is 38.6 Å². The summed E-state index contributed by atoms with van der Waals surface area (Å²) in [5.74, 6) is 2.29. The maximum absolute atomic E-state index is 14.1. The van der Waals surface area contributed by atoms with Gasteiger partial charge in [0.2, 0.25) is 11.6 Å². The third-order valence-corrected chi connectivity index (χ3v) is 5.53. The normalized spacial score (nSPS) is 21.8. The summed E-state index contributed by atoms with van der Waals surface area (Å²) in [6, 6.07) is 7.70. The molecule has 3 aliphatic heterocycles. The molecule has 148 valence electrons. The highest BCUT2D eigenvalue weighted by molar-refractivity contribution is 5.89. The van der Waals surface area contributed by atoms with E-state index in [1.807, 2.05) is 43.0 Å². The number of halogens is 1. The number of ether oxygens (including phenoxy) is 1. The SMILES string of the molecule is CC1(C)CCC(c2noc(-c3nnc4n3C3=CN(F)CN3c3ccccc3-4)n2)O1. The predicted octanol–water partition coefficient (Wildman–Crippen LogP) is 3.36. The first kappa shape index (κ1) is 16.7. The molecule has 0 bridgehead atoms. The van der Waals surface area contributed by atoms with Gasteiger partial charge in [-0.3, -0.25) is 4.57 Å². The molecule has 1 fully saturated rings. The van der Waals surface area contributed by atoms with E-state index in [1.54, 1.807) is 4.57 Å². The number of benzene rings is 1. The third kappa shape index (κ3) is 2.42. The average Bonchev–Trinajstić information content (AvgIpc) is 3.45. The fourth-order valence-electron chi connectivity index (χ4n) is 4.15. The maximum Gasteiger partial charge on any atom is 0.296 e. The monoisotopic (exact) mass is 395 g/mol. The molecule has 0 aliphatic carbocycles. The lowest BCUT2D eigenvalue weighted by atomic mass is 10.1. The minimum absolute atomic E-state index is 0.0868. The van der Waals surface area contributed by atoms with Crippen molar-refractivity contribution in [1.82, 2.24) is 30.0 Å². The summed E-state index contributed by atoms with van der Waals surface area (Å²) in [4.78, 5) is 6.37. The van der Waals surface area contributed by atoms with Crippen LogP contribution in [0, 0.1) is 0 Å². The highest BCUT2D eigenvalue weighted by atomic mass is 19.2. The number of nitrogens with zero attached hydrogens (tertiary/aromatic N) is 7. The second-order valence-electron chi connectivity index (χ2n) is 8.02. The number of rotatable bonds is 2.